The van der Waals surface area contributed by atoms with E-state index in [0.29, 0.717) is 12.6 Å². The number of likely N-dealkylation sites (N-methyl/N-ethyl adjacent to an activating group) is 1. The van der Waals surface area contributed by atoms with E-state index < -0.39 is 0 Å². The molecule has 5 heteroatoms. The number of rotatable bonds is 6. The van der Waals surface area contributed by atoms with Gasteiger partial charge in [0.1, 0.15) is 0 Å². The van der Waals surface area contributed by atoms with E-state index in [1.54, 1.807) is 0 Å². The highest BCUT2D eigenvalue weighted by atomic mass is 35.5. The van der Waals surface area contributed by atoms with Crippen LogP contribution < -0.4 is 5.32 Å². The quantitative estimate of drug-likeness (QED) is 0.807. The molecule has 19 heavy (non-hydrogen) atoms. The van der Waals surface area contributed by atoms with Crippen molar-refractivity contribution in [3.8, 4) is 0 Å². The zero-order valence-corrected chi connectivity index (χ0v) is 13.6. The molecule has 0 atom stereocenters. The van der Waals surface area contributed by atoms with Gasteiger partial charge in [-0.25, -0.2) is 0 Å². The number of hydrogen-bond acceptors (Lipinski definition) is 3. The molecule has 1 amide bonds. The number of nitrogens with zero attached hydrogens (tertiary/aromatic N) is 2. The minimum Gasteiger partial charge on any atom is -0.342 e. The van der Waals surface area contributed by atoms with Crippen molar-refractivity contribution >= 4 is 18.3 Å². The summed E-state index contributed by atoms with van der Waals surface area (Å²) in [5, 5.41) is 3.41. The van der Waals surface area contributed by atoms with Gasteiger partial charge in [0, 0.05) is 13.1 Å². The number of halogens is 1. The zero-order valence-electron chi connectivity index (χ0n) is 12.8. The summed E-state index contributed by atoms with van der Waals surface area (Å²) in [4.78, 5) is 16.1. The SMILES string of the molecule is CCNCC1CCN(CC(=O)N(C)C(C)C)CC1.Cl. The molecule has 0 spiro atoms. The average molecular weight is 292 g/mol. The molecule has 0 radical (unpaired) electrons. The van der Waals surface area contributed by atoms with E-state index in [4.69, 9.17) is 0 Å². The first-order chi connectivity index (χ1) is 8.54. The normalized spacial score (nSPS) is 17.3. The summed E-state index contributed by atoms with van der Waals surface area (Å²) >= 11 is 0. The number of likely N-dealkylation sites (tertiary alicyclic amines) is 1. The minimum absolute atomic E-state index is 0. The Morgan fingerprint density at radius 3 is 2.42 bits per heavy atom. The average Bonchev–Trinajstić information content (AvgIpc) is 2.36. The second-order valence-electron chi connectivity index (χ2n) is 5.63. The predicted octanol–water partition coefficient (Wildman–Crippen LogP) is 1.60. The van der Waals surface area contributed by atoms with Crippen LogP contribution in [0.25, 0.3) is 0 Å². The minimum atomic E-state index is 0. The van der Waals surface area contributed by atoms with Gasteiger partial charge >= 0.3 is 0 Å². The number of amides is 1. The lowest BCUT2D eigenvalue weighted by Crippen LogP contribution is -2.45. The number of carbonyl (C=O) groups is 1. The molecular weight excluding hydrogens is 262 g/mol. The number of carbonyl (C=O) groups excluding carboxylic acids is 1. The summed E-state index contributed by atoms with van der Waals surface area (Å²) in [6.45, 7) is 11.2. The third-order valence-electron chi connectivity index (χ3n) is 3.92. The Labute approximate surface area is 124 Å². The lowest BCUT2D eigenvalue weighted by atomic mass is 9.97. The van der Waals surface area contributed by atoms with Crippen molar-refractivity contribution < 1.29 is 4.79 Å². The summed E-state index contributed by atoms with van der Waals surface area (Å²) in [5.41, 5.74) is 0. The van der Waals surface area contributed by atoms with Gasteiger partial charge in [0.15, 0.2) is 0 Å². The summed E-state index contributed by atoms with van der Waals surface area (Å²) in [6, 6.07) is 0.295. The van der Waals surface area contributed by atoms with Crippen LogP contribution in [-0.4, -0.2) is 61.5 Å². The van der Waals surface area contributed by atoms with Gasteiger partial charge in [0.2, 0.25) is 5.91 Å². The maximum absolute atomic E-state index is 12.0. The monoisotopic (exact) mass is 291 g/mol. The molecule has 1 saturated heterocycles. The predicted molar refractivity (Wildman–Crippen MR) is 82.9 cm³/mol. The number of nitrogens with one attached hydrogen (secondary N) is 1. The molecule has 0 aliphatic carbocycles. The lowest BCUT2D eigenvalue weighted by molar-refractivity contribution is -0.132. The van der Waals surface area contributed by atoms with Crippen LogP contribution in [0.5, 0.6) is 0 Å². The highest BCUT2D eigenvalue weighted by molar-refractivity contribution is 5.85. The summed E-state index contributed by atoms with van der Waals surface area (Å²) < 4.78 is 0. The molecule has 0 unspecified atom stereocenters. The lowest BCUT2D eigenvalue weighted by Gasteiger charge is -2.33. The van der Waals surface area contributed by atoms with Gasteiger partial charge < -0.3 is 10.2 Å². The molecular formula is C14H30ClN3O. The topological polar surface area (TPSA) is 35.6 Å². The largest absolute Gasteiger partial charge is 0.342 e. The highest BCUT2D eigenvalue weighted by Crippen LogP contribution is 2.16. The fraction of sp³-hybridized carbons (Fsp3) is 0.929. The van der Waals surface area contributed by atoms with Crippen LogP contribution in [0.15, 0.2) is 0 Å². The van der Waals surface area contributed by atoms with E-state index in [0.717, 1.165) is 32.1 Å². The van der Waals surface area contributed by atoms with Crippen molar-refractivity contribution in [2.45, 2.75) is 39.7 Å². The van der Waals surface area contributed by atoms with E-state index >= 15 is 0 Å². The van der Waals surface area contributed by atoms with E-state index in [2.05, 4.69) is 31.0 Å². The second-order valence-corrected chi connectivity index (χ2v) is 5.63. The van der Waals surface area contributed by atoms with E-state index in [1.165, 1.54) is 12.8 Å². The molecule has 1 aliphatic rings. The molecule has 0 aromatic rings. The van der Waals surface area contributed by atoms with Crippen LogP contribution in [0.1, 0.15) is 33.6 Å². The number of hydrogen-bond donors (Lipinski definition) is 1. The Morgan fingerprint density at radius 2 is 1.95 bits per heavy atom. The van der Waals surface area contributed by atoms with Crippen LogP contribution >= 0.6 is 12.4 Å². The molecule has 0 aromatic carbocycles. The third-order valence-corrected chi connectivity index (χ3v) is 3.92. The Bertz CT molecular complexity index is 253. The van der Waals surface area contributed by atoms with Gasteiger partial charge in [-0.05, 0) is 58.8 Å². The summed E-state index contributed by atoms with van der Waals surface area (Å²) in [7, 11) is 1.89. The van der Waals surface area contributed by atoms with Crippen LogP contribution in [0, 0.1) is 5.92 Å². The Kier molecular flexibility index (Phi) is 9.40. The molecule has 1 aliphatic heterocycles. The fourth-order valence-electron chi connectivity index (χ4n) is 2.29. The molecule has 1 fully saturated rings. The van der Waals surface area contributed by atoms with E-state index in [9.17, 15) is 4.79 Å². The zero-order chi connectivity index (χ0) is 13.5. The Hall–Kier alpha value is -0.320. The molecule has 1 heterocycles. The molecule has 4 nitrogen and oxygen atoms in total. The van der Waals surface area contributed by atoms with Crippen molar-refractivity contribution in [3.05, 3.63) is 0 Å². The Balaban J connectivity index is 0.00000324. The number of piperidine rings is 1. The maximum Gasteiger partial charge on any atom is 0.236 e. The fourth-order valence-corrected chi connectivity index (χ4v) is 2.29. The van der Waals surface area contributed by atoms with Gasteiger partial charge in [-0.3, -0.25) is 9.69 Å². The maximum atomic E-state index is 12.0. The van der Waals surface area contributed by atoms with Gasteiger partial charge in [-0.15, -0.1) is 12.4 Å². The molecule has 0 bridgehead atoms. The van der Waals surface area contributed by atoms with Crippen molar-refractivity contribution in [1.82, 2.24) is 15.1 Å². The smallest absolute Gasteiger partial charge is 0.236 e. The first-order valence-corrected chi connectivity index (χ1v) is 7.23. The first kappa shape index (κ1) is 18.7. The van der Waals surface area contributed by atoms with E-state index in [1.807, 2.05) is 11.9 Å². The molecule has 0 saturated carbocycles. The molecule has 114 valence electrons. The highest BCUT2D eigenvalue weighted by Gasteiger charge is 2.22. The second kappa shape index (κ2) is 9.56. The Morgan fingerprint density at radius 1 is 1.37 bits per heavy atom. The summed E-state index contributed by atoms with van der Waals surface area (Å²) in [5.74, 6) is 1.04. The molecule has 1 rings (SSSR count). The van der Waals surface area contributed by atoms with E-state index in [-0.39, 0.29) is 18.3 Å². The van der Waals surface area contributed by atoms with Crippen LogP contribution in [0.4, 0.5) is 0 Å². The third kappa shape index (κ3) is 6.59. The van der Waals surface area contributed by atoms with Crippen molar-refractivity contribution in [2.75, 3.05) is 39.8 Å². The standard InChI is InChI=1S/C14H29N3O.ClH/c1-5-15-10-13-6-8-17(9-7-13)11-14(18)16(4)12(2)3;/h12-13,15H,5-11H2,1-4H3;1H. The van der Waals surface area contributed by atoms with Crippen LogP contribution in [0.2, 0.25) is 0 Å². The van der Waals surface area contributed by atoms with Gasteiger partial charge in [-0.1, -0.05) is 6.92 Å². The van der Waals surface area contributed by atoms with Crippen LogP contribution in [-0.2, 0) is 4.79 Å². The van der Waals surface area contributed by atoms with Crippen molar-refractivity contribution in [1.29, 1.82) is 0 Å². The van der Waals surface area contributed by atoms with Gasteiger partial charge in [0.25, 0.3) is 0 Å². The van der Waals surface area contributed by atoms with Gasteiger partial charge in [-0.2, -0.15) is 0 Å². The summed E-state index contributed by atoms with van der Waals surface area (Å²) in [6.07, 6.45) is 2.43. The van der Waals surface area contributed by atoms with Crippen molar-refractivity contribution in [3.63, 3.8) is 0 Å². The van der Waals surface area contributed by atoms with Gasteiger partial charge in [0.05, 0.1) is 6.54 Å². The van der Waals surface area contributed by atoms with Crippen LogP contribution in [0.3, 0.4) is 0 Å². The first-order valence-electron chi connectivity index (χ1n) is 7.23. The molecule has 0 aromatic heterocycles. The molecule has 1 N–H and O–H groups in total. The van der Waals surface area contributed by atoms with Crippen molar-refractivity contribution in [2.24, 2.45) is 5.92 Å².